The van der Waals surface area contributed by atoms with Gasteiger partial charge in [-0.25, -0.2) is 4.39 Å². The van der Waals surface area contributed by atoms with Gasteiger partial charge in [-0.2, -0.15) is 12.6 Å². The topological polar surface area (TPSA) is 12.0 Å². The minimum Gasteiger partial charge on any atom is -0.312 e. The van der Waals surface area contributed by atoms with Gasteiger partial charge in [0.15, 0.2) is 0 Å². The van der Waals surface area contributed by atoms with Crippen LogP contribution in [0.2, 0.25) is 5.02 Å². The lowest BCUT2D eigenvalue weighted by atomic mass is 10.0. The standard InChI is InChI=1S/C10H13ClFNS/c1-13-10(9(14)6-12)7-2-4-8(11)5-3-7/h2-5,9-10,13-14H,6H2,1H3. The van der Waals surface area contributed by atoms with E-state index in [0.29, 0.717) is 5.02 Å². The molecule has 1 rings (SSSR count). The molecule has 0 amide bonds. The zero-order valence-corrected chi connectivity index (χ0v) is 9.52. The van der Waals surface area contributed by atoms with E-state index in [4.69, 9.17) is 11.6 Å². The number of thiol groups is 1. The van der Waals surface area contributed by atoms with Crippen LogP contribution >= 0.6 is 24.2 Å². The molecule has 1 aromatic rings. The van der Waals surface area contributed by atoms with Gasteiger partial charge in [0.25, 0.3) is 0 Å². The molecule has 0 spiro atoms. The van der Waals surface area contributed by atoms with E-state index in [2.05, 4.69) is 17.9 Å². The van der Waals surface area contributed by atoms with Crippen molar-refractivity contribution in [2.24, 2.45) is 0 Å². The number of nitrogens with one attached hydrogen (secondary N) is 1. The fraction of sp³-hybridized carbons (Fsp3) is 0.400. The molecule has 1 N–H and O–H groups in total. The molecule has 0 aromatic heterocycles. The van der Waals surface area contributed by atoms with Crippen LogP contribution in [-0.4, -0.2) is 19.0 Å². The molecule has 0 heterocycles. The van der Waals surface area contributed by atoms with Gasteiger partial charge in [-0.1, -0.05) is 23.7 Å². The lowest BCUT2D eigenvalue weighted by molar-refractivity contribution is 0.429. The Kier molecular flexibility index (Phi) is 4.72. The van der Waals surface area contributed by atoms with Crippen LogP contribution in [0.15, 0.2) is 24.3 Å². The second-order valence-corrected chi connectivity index (χ2v) is 4.14. The fourth-order valence-corrected chi connectivity index (χ4v) is 1.79. The van der Waals surface area contributed by atoms with Gasteiger partial charge in [0, 0.05) is 16.3 Å². The minimum atomic E-state index is -0.461. The molecule has 0 aliphatic carbocycles. The average molecular weight is 234 g/mol. The highest BCUT2D eigenvalue weighted by atomic mass is 35.5. The smallest absolute Gasteiger partial charge is 0.103 e. The molecule has 1 aromatic carbocycles. The zero-order chi connectivity index (χ0) is 10.6. The van der Waals surface area contributed by atoms with Crippen molar-refractivity contribution in [1.29, 1.82) is 0 Å². The highest BCUT2D eigenvalue weighted by Gasteiger charge is 2.17. The molecule has 14 heavy (non-hydrogen) atoms. The molecule has 2 atom stereocenters. The van der Waals surface area contributed by atoms with Crippen molar-refractivity contribution in [2.45, 2.75) is 11.3 Å². The Morgan fingerprint density at radius 3 is 2.43 bits per heavy atom. The number of hydrogen-bond donors (Lipinski definition) is 2. The normalized spacial score (nSPS) is 15.1. The highest BCUT2D eigenvalue weighted by molar-refractivity contribution is 7.81. The third-order valence-electron chi connectivity index (χ3n) is 2.08. The van der Waals surface area contributed by atoms with Crippen LogP contribution in [0.25, 0.3) is 0 Å². The predicted molar refractivity (Wildman–Crippen MR) is 62.0 cm³/mol. The van der Waals surface area contributed by atoms with Crippen LogP contribution in [0.3, 0.4) is 0 Å². The molecule has 4 heteroatoms. The molecule has 0 saturated carbocycles. The third-order valence-corrected chi connectivity index (χ3v) is 2.77. The number of rotatable bonds is 4. The molecule has 2 unspecified atom stereocenters. The van der Waals surface area contributed by atoms with Gasteiger partial charge < -0.3 is 5.32 Å². The summed E-state index contributed by atoms with van der Waals surface area (Å²) < 4.78 is 12.4. The Bertz CT molecular complexity index is 278. The Labute approximate surface area is 94.1 Å². The lowest BCUT2D eigenvalue weighted by Gasteiger charge is -2.20. The summed E-state index contributed by atoms with van der Waals surface area (Å²) in [6.45, 7) is -0.461. The summed E-state index contributed by atoms with van der Waals surface area (Å²) in [5, 5.41) is 3.38. The molecular formula is C10H13ClFNS. The van der Waals surface area contributed by atoms with Crippen molar-refractivity contribution >= 4 is 24.2 Å². The van der Waals surface area contributed by atoms with Crippen LogP contribution in [-0.2, 0) is 0 Å². The fourth-order valence-electron chi connectivity index (χ4n) is 1.34. The van der Waals surface area contributed by atoms with Crippen molar-refractivity contribution in [2.75, 3.05) is 13.7 Å². The van der Waals surface area contributed by atoms with E-state index in [1.807, 2.05) is 12.1 Å². The molecule has 0 radical (unpaired) electrons. The summed E-state index contributed by atoms with van der Waals surface area (Å²) in [6, 6.07) is 7.26. The third kappa shape index (κ3) is 2.87. The van der Waals surface area contributed by atoms with Gasteiger partial charge in [0.05, 0.1) is 0 Å². The molecule has 0 fully saturated rings. The van der Waals surface area contributed by atoms with Crippen molar-refractivity contribution in [3.8, 4) is 0 Å². The van der Waals surface area contributed by atoms with Crippen LogP contribution in [0.1, 0.15) is 11.6 Å². The van der Waals surface area contributed by atoms with Gasteiger partial charge in [0.2, 0.25) is 0 Å². The first-order valence-electron chi connectivity index (χ1n) is 4.35. The second-order valence-electron chi connectivity index (χ2n) is 3.04. The van der Waals surface area contributed by atoms with E-state index in [1.165, 1.54) is 0 Å². The summed E-state index contributed by atoms with van der Waals surface area (Å²) >= 11 is 9.93. The quantitative estimate of drug-likeness (QED) is 0.763. The largest absolute Gasteiger partial charge is 0.312 e. The molecule has 0 bridgehead atoms. The van der Waals surface area contributed by atoms with Gasteiger partial charge in [-0.05, 0) is 24.7 Å². The second kappa shape index (κ2) is 5.59. The SMILES string of the molecule is CNC(c1ccc(Cl)cc1)C(S)CF. The minimum absolute atomic E-state index is 0.0828. The van der Waals surface area contributed by atoms with E-state index in [9.17, 15) is 4.39 Å². The van der Waals surface area contributed by atoms with Crippen LogP contribution < -0.4 is 5.32 Å². The van der Waals surface area contributed by atoms with E-state index in [0.717, 1.165) is 5.56 Å². The molecular weight excluding hydrogens is 221 g/mol. The summed E-state index contributed by atoms with van der Waals surface area (Å²) in [4.78, 5) is 0. The van der Waals surface area contributed by atoms with Crippen LogP contribution in [0.4, 0.5) is 4.39 Å². The van der Waals surface area contributed by atoms with Gasteiger partial charge in [0.1, 0.15) is 6.67 Å². The van der Waals surface area contributed by atoms with Crippen molar-refractivity contribution in [1.82, 2.24) is 5.32 Å². The monoisotopic (exact) mass is 233 g/mol. The summed E-state index contributed by atoms with van der Waals surface area (Å²) in [5.41, 5.74) is 0.995. The summed E-state index contributed by atoms with van der Waals surface area (Å²) in [7, 11) is 1.79. The summed E-state index contributed by atoms with van der Waals surface area (Å²) in [6.07, 6.45) is 0. The van der Waals surface area contributed by atoms with Crippen molar-refractivity contribution in [3.63, 3.8) is 0 Å². The Morgan fingerprint density at radius 1 is 1.43 bits per heavy atom. The Balaban J connectivity index is 2.84. The van der Waals surface area contributed by atoms with E-state index in [-0.39, 0.29) is 11.3 Å². The van der Waals surface area contributed by atoms with Crippen LogP contribution in [0.5, 0.6) is 0 Å². The molecule has 1 nitrogen and oxygen atoms in total. The van der Waals surface area contributed by atoms with E-state index < -0.39 is 6.67 Å². The van der Waals surface area contributed by atoms with Crippen molar-refractivity contribution < 1.29 is 4.39 Å². The number of halogens is 2. The van der Waals surface area contributed by atoms with Gasteiger partial charge in [-0.3, -0.25) is 0 Å². The predicted octanol–water partition coefficient (Wildman–Crippen LogP) is 2.87. The molecule has 0 aliphatic heterocycles. The van der Waals surface area contributed by atoms with Gasteiger partial charge in [-0.15, -0.1) is 0 Å². The molecule has 0 saturated heterocycles. The Morgan fingerprint density at radius 2 is 2.00 bits per heavy atom. The first kappa shape index (κ1) is 11.8. The maximum absolute atomic E-state index is 12.4. The van der Waals surface area contributed by atoms with Crippen LogP contribution in [0, 0.1) is 0 Å². The molecule has 78 valence electrons. The first-order valence-corrected chi connectivity index (χ1v) is 5.25. The lowest BCUT2D eigenvalue weighted by Crippen LogP contribution is -2.27. The zero-order valence-electron chi connectivity index (χ0n) is 7.87. The van der Waals surface area contributed by atoms with E-state index >= 15 is 0 Å². The first-order chi connectivity index (χ1) is 6.69. The molecule has 0 aliphatic rings. The number of hydrogen-bond acceptors (Lipinski definition) is 2. The van der Waals surface area contributed by atoms with Gasteiger partial charge >= 0.3 is 0 Å². The average Bonchev–Trinajstić information content (AvgIpc) is 2.21. The number of benzene rings is 1. The number of alkyl halides is 1. The maximum Gasteiger partial charge on any atom is 0.103 e. The van der Waals surface area contributed by atoms with E-state index in [1.54, 1.807) is 19.2 Å². The van der Waals surface area contributed by atoms with Crippen molar-refractivity contribution in [3.05, 3.63) is 34.9 Å². The summed E-state index contributed by atoms with van der Waals surface area (Å²) in [5.74, 6) is 0. The maximum atomic E-state index is 12.4. The highest BCUT2D eigenvalue weighted by Crippen LogP contribution is 2.22. The Hall–Kier alpha value is -0.250.